The number of halogens is 17. The molecule has 0 aliphatic rings. The quantitative estimate of drug-likeness (QED) is 0.0791. The zero-order chi connectivity index (χ0) is 32.2. The molecule has 0 saturated heterocycles. The minimum absolute atomic E-state index is 0.00867. The topological polar surface area (TPSA) is 0 Å². The highest BCUT2D eigenvalue weighted by Crippen LogP contribution is 2.63. The average molecular weight is 648 g/mol. The number of hydrogen-bond donors (Lipinski definition) is 0. The van der Waals surface area contributed by atoms with E-state index in [4.69, 9.17) is 0 Å². The summed E-state index contributed by atoms with van der Waals surface area (Å²) in [5.41, 5.74) is -14.4. The SMILES string of the molecule is CCCCCCC(F)(F)C(F)(F)C(F)(F)PC(F)(F)C(F)(F)F.Fc1ccccc1-c1c(F)c(F)c(F)c(F)c1F. The fourth-order valence-electron chi connectivity index (χ4n) is 3.01. The lowest BCUT2D eigenvalue weighted by Crippen LogP contribution is -2.53. The maximum Gasteiger partial charge on any atom is 0.457 e. The predicted molar refractivity (Wildman–Crippen MR) is 115 cm³/mol. The van der Waals surface area contributed by atoms with E-state index in [1.54, 1.807) is 6.92 Å². The van der Waals surface area contributed by atoms with Gasteiger partial charge in [-0.3, -0.25) is 0 Å². The Hall–Kier alpha value is -2.32. The van der Waals surface area contributed by atoms with Gasteiger partial charge in [0.25, 0.3) is 0 Å². The van der Waals surface area contributed by atoms with Crippen LogP contribution in [0.5, 0.6) is 0 Å². The molecule has 0 spiro atoms. The second-order valence-corrected chi connectivity index (χ2v) is 9.79. The summed E-state index contributed by atoms with van der Waals surface area (Å²) < 4.78 is 218. The third-order valence-corrected chi connectivity index (χ3v) is 6.45. The highest BCUT2D eigenvalue weighted by Gasteiger charge is 2.75. The van der Waals surface area contributed by atoms with E-state index >= 15 is 0 Å². The molecule has 2 aromatic rings. The zero-order valence-electron chi connectivity index (χ0n) is 20.3. The largest absolute Gasteiger partial charge is 0.457 e. The summed E-state index contributed by atoms with van der Waals surface area (Å²) in [6, 6.07) is 4.22. The molecule has 0 bridgehead atoms. The molecule has 0 radical (unpaired) electrons. The highest BCUT2D eigenvalue weighted by molar-refractivity contribution is 7.41. The molecule has 0 N–H and O–H groups in total. The van der Waals surface area contributed by atoms with Gasteiger partial charge < -0.3 is 0 Å². The second-order valence-electron chi connectivity index (χ2n) is 8.29. The van der Waals surface area contributed by atoms with Crippen LogP contribution in [0.3, 0.4) is 0 Å². The van der Waals surface area contributed by atoms with Crippen molar-refractivity contribution in [1.29, 1.82) is 0 Å². The van der Waals surface area contributed by atoms with Gasteiger partial charge in [-0.1, -0.05) is 44.4 Å². The van der Waals surface area contributed by atoms with E-state index in [2.05, 4.69) is 0 Å². The lowest BCUT2D eigenvalue weighted by molar-refractivity contribution is -0.286. The third-order valence-electron chi connectivity index (χ3n) is 5.22. The van der Waals surface area contributed by atoms with Crippen molar-refractivity contribution >= 4 is 8.58 Å². The van der Waals surface area contributed by atoms with Crippen molar-refractivity contribution in [3.05, 3.63) is 59.2 Å². The maximum atomic E-state index is 13.4. The first-order valence-electron chi connectivity index (χ1n) is 11.1. The highest BCUT2D eigenvalue weighted by atomic mass is 31.1. The Kier molecular flexibility index (Phi) is 11.9. The lowest BCUT2D eigenvalue weighted by atomic mass is 10.0. The molecule has 0 nitrogen and oxygen atoms in total. The van der Waals surface area contributed by atoms with Gasteiger partial charge in [-0.25, -0.2) is 26.3 Å². The molecule has 2 rings (SSSR count). The van der Waals surface area contributed by atoms with Crippen LogP contribution in [0.4, 0.5) is 74.6 Å². The average Bonchev–Trinajstić information content (AvgIpc) is 2.84. The Balaban J connectivity index is 0.000000420. The molecule has 0 amide bonds. The Bertz CT molecular complexity index is 1140. The van der Waals surface area contributed by atoms with Crippen LogP contribution in [-0.2, 0) is 0 Å². The van der Waals surface area contributed by atoms with Crippen molar-refractivity contribution in [3.8, 4) is 11.1 Å². The van der Waals surface area contributed by atoms with Crippen LogP contribution in [0, 0.1) is 34.9 Å². The monoisotopic (exact) mass is 648 g/mol. The first kappa shape index (κ1) is 36.7. The fraction of sp³-hybridized carbons (Fsp3) is 0.478. The lowest BCUT2D eigenvalue weighted by Gasteiger charge is -2.34. The van der Waals surface area contributed by atoms with Crippen molar-refractivity contribution in [1.82, 2.24) is 0 Å². The van der Waals surface area contributed by atoms with Gasteiger partial charge in [0.05, 0.1) is 5.56 Å². The minimum Gasteiger partial charge on any atom is -0.206 e. The summed E-state index contributed by atoms with van der Waals surface area (Å²) in [7, 11) is -4.05. The van der Waals surface area contributed by atoms with Gasteiger partial charge in [0, 0.05) is 20.6 Å². The minimum atomic E-state index is -6.54. The fourth-order valence-corrected chi connectivity index (χ4v) is 3.89. The molecule has 2 aromatic carbocycles. The maximum absolute atomic E-state index is 13.4. The normalized spacial score (nSPS) is 13.5. The molecule has 0 aliphatic heterocycles. The molecule has 0 aromatic heterocycles. The molecule has 1 atom stereocenters. The molecule has 0 saturated carbocycles. The van der Waals surface area contributed by atoms with Crippen molar-refractivity contribution in [3.63, 3.8) is 0 Å². The third kappa shape index (κ3) is 8.16. The summed E-state index contributed by atoms with van der Waals surface area (Å²) in [6.07, 6.45) is -7.98. The van der Waals surface area contributed by atoms with Crippen LogP contribution in [0.1, 0.15) is 39.0 Å². The Morgan fingerprint density at radius 1 is 0.585 bits per heavy atom. The number of unbranched alkanes of at least 4 members (excludes halogenated alkanes) is 3. The number of alkyl halides is 11. The van der Waals surface area contributed by atoms with Crippen LogP contribution >= 0.6 is 8.58 Å². The first-order chi connectivity index (χ1) is 18.5. The van der Waals surface area contributed by atoms with Gasteiger partial charge in [-0.2, -0.15) is 48.3 Å². The van der Waals surface area contributed by atoms with E-state index in [0.29, 0.717) is 12.8 Å². The van der Waals surface area contributed by atoms with E-state index in [9.17, 15) is 74.6 Å². The molecular formula is C23H18F17P. The van der Waals surface area contributed by atoms with Crippen molar-refractivity contribution in [2.45, 2.75) is 68.4 Å². The molecule has 18 heteroatoms. The van der Waals surface area contributed by atoms with Crippen LogP contribution in [0.2, 0.25) is 0 Å². The smallest absolute Gasteiger partial charge is 0.206 e. The van der Waals surface area contributed by atoms with Crippen molar-refractivity contribution < 1.29 is 74.6 Å². The van der Waals surface area contributed by atoms with E-state index in [0.717, 1.165) is 12.1 Å². The van der Waals surface area contributed by atoms with Gasteiger partial charge in [0.15, 0.2) is 23.3 Å². The van der Waals surface area contributed by atoms with Crippen LogP contribution in [0.25, 0.3) is 11.1 Å². The van der Waals surface area contributed by atoms with Gasteiger partial charge in [-0.15, -0.1) is 0 Å². The molecule has 41 heavy (non-hydrogen) atoms. The molecular weight excluding hydrogens is 630 g/mol. The molecule has 0 aliphatic carbocycles. The summed E-state index contributed by atoms with van der Waals surface area (Å²) >= 11 is 0. The Morgan fingerprint density at radius 2 is 1.05 bits per heavy atom. The number of rotatable bonds is 10. The van der Waals surface area contributed by atoms with E-state index in [1.165, 1.54) is 12.1 Å². The summed E-state index contributed by atoms with van der Waals surface area (Å²) in [5, 5.41) is 0. The number of hydrogen-bond acceptors (Lipinski definition) is 0. The molecule has 0 heterocycles. The first-order valence-corrected chi connectivity index (χ1v) is 12.1. The van der Waals surface area contributed by atoms with Crippen LogP contribution in [0.15, 0.2) is 24.3 Å². The van der Waals surface area contributed by atoms with Crippen LogP contribution < -0.4 is 0 Å². The predicted octanol–water partition coefficient (Wildman–Crippen LogP) is 10.8. The van der Waals surface area contributed by atoms with Gasteiger partial charge in [-0.05, 0) is 12.5 Å². The number of benzene rings is 2. The zero-order valence-corrected chi connectivity index (χ0v) is 21.3. The second kappa shape index (κ2) is 13.3. The van der Waals surface area contributed by atoms with E-state index in [-0.39, 0.29) is 6.42 Å². The van der Waals surface area contributed by atoms with Crippen molar-refractivity contribution in [2.75, 3.05) is 0 Å². The van der Waals surface area contributed by atoms with Crippen molar-refractivity contribution in [2.24, 2.45) is 0 Å². The molecule has 0 fully saturated rings. The summed E-state index contributed by atoms with van der Waals surface area (Å²) in [5.74, 6) is -23.4. The Morgan fingerprint density at radius 3 is 1.49 bits per heavy atom. The van der Waals surface area contributed by atoms with E-state index < -0.39 is 96.8 Å². The summed E-state index contributed by atoms with van der Waals surface area (Å²) in [4.78, 5) is 0. The Labute approximate surface area is 222 Å². The molecule has 1 unspecified atom stereocenters. The van der Waals surface area contributed by atoms with Gasteiger partial charge >= 0.3 is 29.3 Å². The van der Waals surface area contributed by atoms with Crippen LogP contribution in [-0.4, -0.2) is 29.3 Å². The molecule has 234 valence electrons. The summed E-state index contributed by atoms with van der Waals surface area (Å²) in [6.45, 7) is 1.65. The standard InChI is InChI=1S/C12H4F6.C11H14F11P/c13-6-4-2-1-3-5(6)7-8(14)10(16)12(18)11(17)9(7)15;1-2-3-4-5-6-7(12,13)8(14,15)10(19,20)23-11(21,22)9(16,17)18/h1-4H;23H,2-6H2,1H3. The van der Waals surface area contributed by atoms with Gasteiger partial charge in [0.2, 0.25) is 5.82 Å². The van der Waals surface area contributed by atoms with E-state index in [1.807, 2.05) is 0 Å². The van der Waals surface area contributed by atoms with Gasteiger partial charge in [0.1, 0.15) is 5.82 Å².